The van der Waals surface area contributed by atoms with Gasteiger partial charge in [0.2, 0.25) is 0 Å². The molecule has 2 aromatic heterocycles. The minimum atomic E-state index is 0.687. The molecular weight excluding hydrogens is 426 g/mol. The van der Waals surface area contributed by atoms with Gasteiger partial charge in [-0.2, -0.15) is 5.26 Å². The quantitative estimate of drug-likeness (QED) is 0.322. The third kappa shape index (κ3) is 4.71. The van der Waals surface area contributed by atoms with Crippen LogP contribution in [-0.4, -0.2) is 24.2 Å². The number of aromatic nitrogens is 2. The molecule has 0 aliphatic rings. The predicted octanol–water partition coefficient (Wildman–Crippen LogP) is 6.05. The minimum Gasteiger partial charge on any atom is -0.497 e. The molecule has 4 rings (SSSR count). The van der Waals surface area contributed by atoms with Crippen molar-refractivity contribution in [1.29, 1.82) is 5.26 Å². The Morgan fingerprint density at radius 2 is 1.94 bits per heavy atom. The van der Waals surface area contributed by atoms with Crippen LogP contribution in [0.5, 0.6) is 11.5 Å². The number of rotatable bonds is 7. The number of hydrogen-bond donors (Lipinski definition) is 0. The summed E-state index contributed by atoms with van der Waals surface area (Å²) in [5.41, 5.74) is 4.49. The fourth-order valence-electron chi connectivity index (χ4n) is 3.07. The summed E-state index contributed by atoms with van der Waals surface area (Å²) in [5.74, 6) is 2.15. The van der Waals surface area contributed by atoms with Crippen molar-refractivity contribution in [1.82, 2.24) is 9.97 Å². The second-order valence-corrected chi connectivity index (χ2v) is 8.40. The highest BCUT2D eigenvalue weighted by Crippen LogP contribution is 2.36. The Kier molecular flexibility index (Phi) is 6.51. The van der Waals surface area contributed by atoms with E-state index in [0.717, 1.165) is 43.9 Å². The zero-order valence-corrected chi connectivity index (χ0v) is 18.7. The number of thioether (sulfide) groups is 1. The monoisotopic (exact) mass is 445 g/mol. The van der Waals surface area contributed by atoms with E-state index in [9.17, 15) is 5.26 Å². The molecule has 7 heteroatoms. The second-order valence-electron chi connectivity index (χ2n) is 6.54. The number of ether oxygens (including phenoxy) is 2. The van der Waals surface area contributed by atoms with E-state index in [-0.39, 0.29) is 0 Å². The molecule has 0 amide bonds. The van der Waals surface area contributed by atoms with E-state index in [0.29, 0.717) is 11.3 Å². The van der Waals surface area contributed by atoms with Crippen LogP contribution in [0, 0.1) is 11.3 Å². The zero-order valence-electron chi connectivity index (χ0n) is 17.0. The molecule has 4 aromatic rings. The van der Waals surface area contributed by atoms with Gasteiger partial charge >= 0.3 is 0 Å². The van der Waals surface area contributed by atoms with E-state index < -0.39 is 0 Å². The fraction of sp³-hybridized carbons (Fsp3) is 0.125. The Balaban J connectivity index is 1.55. The van der Waals surface area contributed by atoms with Crippen LogP contribution in [0.2, 0.25) is 0 Å². The summed E-state index contributed by atoms with van der Waals surface area (Å²) < 4.78 is 10.8. The Labute approximate surface area is 189 Å². The molecule has 31 heavy (non-hydrogen) atoms. The van der Waals surface area contributed by atoms with Crippen LogP contribution in [0.15, 0.2) is 71.2 Å². The molecule has 0 bridgehead atoms. The standard InChI is InChI=1S/C24H19N3O2S2/c1-28-19-7-8-20(22(12-19)29-2)21-15-31-24(27-21)16-9-10-26-23(11-16)30-14-18-6-4-3-5-17(18)13-25/h3-12,15H,14H2,1-2H3. The molecule has 2 aromatic carbocycles. The molecule has 0 aliphatic heterocycles. The highest BCUT2D eigenvalue weighted by atomic mass is 32.2. The number of benzene rings is 2. The topological polar surface area (TPSA) is 68.0 Å². The summed E-state index contributed by atoms with van der Waals surface area (Å²) in [5, 5.41) is 13.1. The number of nitriles is 1. The van der Waals surface area contributed by atoms with Gasteiger partial charge in [0.05, 0.1) is 36.6 Å². The average Bonchev–Trinajstić information content (AvgIpc) is 3.33. The zero-order chi connectivity index (χ0) is 21.6. The summed E-state index contributed by atoms with van der Waals surface area (Å²) in [4.78, 5) is 9.29. The third-order valence-corrected chi connectivity index (χ3v) is 6.55. The van der Waals surface area contributed by atoms with Crippen molar-refractivity contribution in [2.24, 2.45) is 0 Å². The predicted molar refractivity (Wildman–Crippen MR) is 125 cm³/mol. The van der Waals surface area contributed by atoms with Gasteiger partial charge in [-0.1, -0.05) is 18.2 Å². The van der Waals surface area contributed by atoms with Crippen LogP contribution >= 0.6 is 23.1 Å². The first-order chi connectivity index (χ1) is 15.2. The van der Waals surface area contributed by atoms with Gasteiger partial charge in [-0.3, -0.25) is 0 Å². The molecule has 0 saturated heterocycles. The molecule has 0 spiro atoms. The van der Waals surface area contributed by atoms with Crippen molar-refractivity contribution in [3.8, 4) is 39.4 Å². The van der Waals surface area contributed by atoms with Crippen LogP contribution < -0.4 is 9.47 Å². The fourth-order valence-corrected chi connectivity index (χ4v) is 4.79. The molecule has 2 heterocycles. The lowest BCUT2D eigenvalue weighted by atomic mass is 10.1. The highest BCUT2D eigenvalue weighted by Gasteiger charge is 2.13. The smallest absolute Gasteiger partial charge is 0.131 e. The van der Waals surface area contributed by atoms with Gasteiger partial charge in [0, 0.05) is 34.5 Å². The van der Waals surface area contributed by atoms with Gasteiger partial charge in [0.1, 0.15) is 16.5 Å². The normalized spacial score (nSPS) is 10.5. The number of pyridine rings is 1. The van der Waals surface area contributed by atoms with Gasteiger partial charge in [0.15, 0.2) is 0 Å². The lowest BCUT2D eigenvalue weighted by Crippen LogP contribution is -1.91. The van der Waals surface area contributed by atoms with Gasteiger partial charge in [0.25, 0.3) is 0 Å². The number of thiazole rings is 1. The first-order valence-corrected chi connectivity index (χ1v) is 11.3. The van der Waals surface area contributed by atoms with Crippen molar-refractivity contribution in [3.63, 3.8) is 0 Å². The van der Waals surface area contributed by atoms with Crippen molar-refractivity contribution < 1.29 is 9.47 Å². The van der Waals surface area contributed by atoms with Gasteiger partial charge in [-0.25, -0.2) is 9.97 Å². The van der Waals surface area contributed by atoms with Crippen LogP contribution in [0.1, 0.15) is 11.1 Å². The molecular formula is C24H19N3O2S2. The van der Waals surface area contributed by atoms with Crippen molar-refractivity contribution in [2.75, 3.05) is 14.2 Å². The molecule has 0 atom stereocenters. The van der Waals surface area contributed by atoms with Gasteiger partial charge in [-0.15, -0.1) is 23.1 Å². The van der Waals surface area contributed by atoms with E-state index in [4.69, 9.17) is 14.5 Å². The summed E-state index contributed by atoms with van der Waals surface area (Å²) in [6, 6.07) is 19.6. The molecule has 0 N–H and O–H groups in total. The maximum atomic E-state index is 9.27. The van der Waals surface area contributed by atoms with Crippen LogP contribution in [0.4, 0.5) is 0 Å². The lowest BCUT2D eigenvalue weighted by molar-refractivity contribution is 0.395. The molecule has 154 valence electrons. The maximum absolute atomic E-state index is 9.27. The minimum absolute atomic E-state index is 0.687. The Bertz CT molecular complexity index is 1250. The second kappa shape index (κ2) is 9.65. The van der Waals surface area contributed by atoms with E-state index >= 15 is 0 Å². The third-order valence-electron chi connectivity index (χ3n) is 4.68. The number of methoxy groups -OCH3 is 2. The summed E-state index contributed by atoms with van der Waals surface area (Å²) >= 11 is 3.18. The molecule has 0 saturated carbocycles. The molecule has 0 aliphatic carbocycles. The Morgan fingerprint density at radius 1 is 1.06 bits per heavy atom. The summed E-state index contributed by atoms with van der Waals surface area (Å²) in [6.45, 7) is 0. The molecule has 0 radical (unpaired) electrons. The molecule has 0 fully saturated rings. The van der Waals surface area contributed by atoms with Crippen LogP contribution in [0.3, 0.4) is 0 Å². The van der Waals surface area contributed by atoms with Gasteiger partial charge < -0.3 is 9.47 Å². The Hall–Kier alpha value is -3.34. The summed E-state index contributed by atoms with van der Waals surface area (Å²) in [7, 11) is 3.27. The Morgan fingerprint density at radius 3 is 2.74 bits per heavy atom. The van der Waals surface area contributed by atoms with E-state index in [1.807, 2.05) is 60.0 Å². The van der Waals surface area contributed by atoms with E-state index in [1.54, 1.807) is 43.5 Å². The highest BCUT2D eigenvalue weighted by molar-refractivity contribution is 7.98. The average molecular weight is 446 g/mol. The van der Waals surface area contributed by atoms with E-state index in [1.165, 1.54) is 0 Å². The number of nitrogens with zero attached hydrogens (tertiary/aromatic N) is 3. The van der Waals surface area contributed by atoms with Crippen molar-refractivity contribution >= 4 is 23.1 Å². The lowest BCUT2D eigenvalue weighted by Gasteiger charge is -2.08. The first kappa shape index (κ1) is 20.9. The SMILES string of the molecule is COc1ccc(-c2csc(-c3ccnc(SCc4ccccc4C#N)c3)n2)c(OC)c1. The largest absolute Gasteiger partial charge is 0.497 e. The van der Waals surface area contributed by atoms with Crippen LogP contribution in [-0.2, 0) is 5.75 Å². The van der Waals surface area contributed by atoms with Crippen molar-refractivity contribution in [3.05, 3.63) is 77.3 Å². The first-order valence-electron chi connectivity index (χ1n) is 9.47. The van der Waals surface area contributed by atoms with Crippen molar-refractivity contribution in [2.45, 2.75) is 10.8 Å². The maximum Gasteiger partial charge on any atom is 0.131 e. The van der Waals surface area contributed by atoms with E-state index in [2.05, 4.69) is 11.1 Å². The molecule has 0 unspecified atom stereocenters. The number of hydrogen-bond acceptors (Lipinski definition) is 7. The van der Waals surface area contributed by atoms with Gasteiger partial charge in [-0.05, 0) is 35.9 Å². The summed E-state index contributed by atoms with van der Waals surface area (Å²) in [6.07, 6.45) is 1.79. The van der Waals surface area contributed by atoms with Crippen LogP contribution in [0.25, 0.3) is 21.8 Å². The molecule has 5 nitrogen and oxygen atoms in total.